The van der Waals surface area contributed by atoms with E-state index >= 15 is 0 Å². The van der Waals surface area contributed by atoms with Crippen LogP contribution in [0, 0.1) is 0 Å². The third-order valence-corrected chi connectivity index (χ3v) is 4.10. The molecule has 0 fully saturated rings. The Morgan fingerprint density at radius 1 is 1.03 bits per heavy atom. The Morgan fingerprint density at radius 2 is 1.66 bits per heavy atom. The fraction of sp³-hybridized carbons (Fsp3) is 0.190. The van der Waals surface area contributed by atoms with Crippen LogP contribution in [0.3, 0.4) is 0 Å². The van der Waals surface area contributed by atoms with Gasteiger partial charge in [0.1, 0.15) is 17.0 Å². The van der Waals surface area contributed by atoms with Crippen molar-refractivity contribution in [3.63, 3.8) is 0 Å². The number of carbonyl (C=O) groups excluding carboxylic acids is 2. The lowest BCUT2D eigenvalue weighted by Crippen LogP contribution is -2.20. The van der Waals surface area contributed by atoms with Gasteiger partial charge in [-0.2, -0.15) is 0 Å². The summed E-state index contributed by atoms with van der Waals surface area (Å²) in [6.07, 6.45) is 1.05. The maximum Gasteiger partial charge on any atom is 0.360 e. The summed E-state index contributed by atoms with van der Waals surface area (Å²) in [4.78, 5) is 36.4. The molecule has 0 aliphatic rings. The molecule has 3 aromatic rings. The Hall–Kier alpha value is -3.81. The van der Waals surface area contributed by atoms with E-state index in [1.165, 1.54) is 12.1 Å². The largest absolute Gasteiger partial charge is 0.507 e. The summed E-state index contributed by atoms with van der Waals surface area (Å²) >= 11 is 0. The van der Waals surface area contributed by atoms with Crippen LogP contribution < -0.4 is 10.9 Å². The second kappa shape index (κ2) is 8.47. The fourth-order valence-corrected chi connectivity index (χ4v) is 2.81. The Balaban J connectivity index is 2.07. The molecule has 0 saturated heterocycles. The number of phenolic OH excluding ortho intramolecular Hbond substituents is 1. The normalized spacial score (nSPS) is 10.6. The molecule has 2 aromatic carbocycles. The second-order valence-electron chi connectivity index (χ2n) is 5.94. The van der Waals surface area contributed by atoms with Gasteiger partial charge < -0.3 is 24.3 Å². The number of esters is 2. The van der Waals surface area contributed by atoms with Gasteiger partial charge in [0.15, 0.2) is 5.57 Å². The molecule has 2 N–H and O–H groups in total. The van der Waals surface area contributed by atoms with Crippen molar-refractivity contribution < 1.29 is 28.6 Å². The number of aromatic hydroxyl groups is 1. The Morgan fingerprint density at radius 3 is 2.28 bits per heavy atom. The lowest BCUT2D eigenvalue weighted by molar-refractivity contribution is -0.146. The highest BCUT2D eigenvalue weighted by Gasteiger charge is 2.21. The van der Waals surface area contributed by atoms with Crippen molar-refractivity contribution in [2.24, 2.45) is 0 Å². The number of fused-ring (bicyclic) bond motifs is 3. The third kappa shape index (κ3) is 4.06. The van der Waals surface area contributed by atoms with E-state index in [9.17, 15) is 19.5 Å². The van der Waals surface area contributed by atoms with E-state index < -0.39 is 17.6 Å². The van der Waals surface area contributed by atoms with E-state index in [4.69, 9.17) is 13.9 Å². The van der Waals surface area contributed by atoms with Crippen LogP contribution in [0.15, 0.2) is 57.4 Å². The maximum atomic E-state index is 12.3. The zero-order chi connectivity index (χ0) is 21.0. The molecule has 0 amide bonds. The van der Waals surface area contributed by atoms with Crippen molar-refractivity contribution >= 4 is 39.4 Å². The van der Waals surface area contributed by atoms with Crippen LogP contribution in [0.25, 0.3) is 21.7 Å². The molecule has 0 unspecified atom stereocenters. The molecular formula is C21H19NO7. The monoisotopic (exact) mass is 397 g/mol. The van der Waals surface area contributed by atoms with E-state index in [1.54, 1.807) is 38.1 Å². The molecule has 0 spiro atoms. The SMILES string of the molecule is CCOC(=O)C(=CNc1cc2c(cc(O)c3ccccc32)oc1=O)C(=O)OCC. The average Bonchev–Trinajstić information content (AvgIpc) is 2.69. The number of hydrogen-bond donors (Lipinski definition) is 2. The first-order chi connectivity index (χ1) is 14.0. The number of phenols is 1. The molecule has 0 bridgehead atoms. The van der Waals surface area contributed by atoms with Crippen molar-refractivity contribution in [3.05, 3.63) is 58.6 Å². The number of anilines is 1. The van der Waals surface area contributed by atoms with E-state index in [1.807, 2.05) is 0 Å². The molecule has 0 aliphatic heterocycles. The van der Waals surface area contributed by atoms with Crippen LogP contribution in [0.2, 0.25) is 0 Å². The maximum absolute atomic E-state index is 12.3. The van der Waals surface area contributed by atoms with Gasteiger partial charge in [-0.25, -0.2) is 14.4 Å². The quantitative estimate of drug-likeness (QED) is 0.163. The van der Waals surface area contributed by atoms with E-state index in [-0.39, 0.29) is 35.8 Å². The number of rotatable bonds is 6. The van der Waals surface area contributed by atoms with Crippen LogP contribution in [-0.4, -0.2) is 30.3 Å². The molecule has 8 nitrogen and oxygen atoms in total. The smallest absolute Gasteiger partial charge is 0.360 e. The van der Waals surface area contributed by atoms with Crippen molar-refractivity contribution in [2.45, 2.75) is 13.8 Å². The minimum Gasteiger partial charge on any atom is -0.507 e. The Bertz CT molecular complexity index is 1160. The third-order valence-electron chi connectivity index (χ3n) is 4.10. The predicted octanol–water partition coefficient (Wildman–Crippen LogP) is 3.07. The summed E-state index contributed by atoms with van der Waals surface area (Å²) in [5.41, 5.74) is -0.921. The summed E-state index contributed by atoms with van der Waals surface area (Å²) in [6.45, 7) is 3.35. The first kappa shape index (κ1) is 19.9. The molecule has 29 heavy (non-hydrogen) atoms. The van der Waals surface area contributed by atoms with E-state index in [0.29, 0.717) is 16.2 Å². The van der Waals surface area contributed by atoms with E-state index in [0.717, 1.165) is 6.20 Å². The summed E-state index contributed by atoms with van der Waals surface area (Å²) in [7, 11) is 0. The number of hydrogen-bond acceptors (Lipinski definition) is 8. The second-order valence-corrected chi connectivity index (χ2v) is 5.94. The number of carbonyl (C=O) groups is 2. The lowest BCUT2D eigenvalue weighted by Gasteiger charge is -2.09. The summed E-state index contributed by atoms with van der Waals surface area (Å²) in [5, 5.41) is 14.6. The molecule has 8 heteroatoms. The standard InChI is InChI=1S/C21H19NO7/c1-3-27-19(24)15(20(25)28-4-2)11-22-16-9-14-12-7-5-6-8-13(12)17(23)10-18(14)29-21(16)26/h5-11,22-23H,3-4H2,1-2H3. The molecule has 1 aromatic heterocycles. The van der Waals surface area contributed by atoms with Gasteiger partial charge in [0.05, 0.1) is 13.2 Å². The van der Waals surface area contributed by atoms with Crippen LogP contribution in [0.1, 0.15) is 13.8 Å². The molecule has 150 valence electrons. The fourth-order valence-electron chi connectivity index (χ4n) is 2.81. The molecule has 0 atom stereocenters. The minimum absolute atomic E-state index is 0.000519. The van der Waals surface area contributed by atoms with Gasteiger partial charge in [-0.15, -0.1) is 0 Å². The van der Waals surface area contributed by atoms with Crippen molar-refractivity contribution in [1.82, 2.24) is 0 Å². The highest BCUT2D eigenvalue weighted by molar-refractivity contribution is 6.14. The number of ether oxygens (including phenoxy) is 2. The first-order valence-corrected chi connectivity index (χ1v) is 8.95. The molecule has 3 rings (SSSR count). The number of nitrogens with one attached hydrogen (secondary N) is 1. The highest BCUT2D eigenvalue weighted by atomic mass is 16.6. The zero-order valence-electron chi connectivity index (χ0n) is 15.9. The Labute approximate surface area is 165 Å². The van der Waals surface area contributed by atoms with E-state index in [2.05, 4.69) is 5.32 Å². The van der Waals surface area contributed by atoms with Gasteiger partial charge >= 0.3 is 17.6 Å². The van der Waals surface area contributed by atoms with Gasteiger partial charge in [0, 0.05) is 23.0 Å². The first-order valence-electron chi connectivity index (χ1n) is 8.95. The van der Waals surface area contributed by atoms with Crippen molar-refractivity contribution in [3.8, 4) is 5.75 Å². The minimum atomic E-state index is -0.876. The van der Waals surface area contributed by atoms with Gasteiger partial charge in [0.25, 0.3) is 0 Å². The van der Waals surface area contributed by atoms with Crippen molar-refractivity contribution in [1.29, 1.82) is 0 Å². The molecule has 0 saturated carbocycles. The van der Waals surface area contributed by atoms with Gasteiger partial charge in [-0.05, 0) is 25.3 Å². The highest BCUT2D eigenvalue weighted by Crippen LogP contribution is 2.32. The van der Waals surface area contributed by atoms with Crippen molar-refractivity contribution in [2.75, 3.05) is 18.5 Å². The zero-order valence-corrected chi connectivity index (χ0v) is 15.9. The van der Waals surface area contributed by atoms with Gasteiger partial charge in [-0.3, -0.25) is 0 Å². The van der Waals surface area contributed by atoms with Crippen LogP contribution in [-0.2, 0) is 19.1 Å². The van der Waals surface area contributed by atoms with Gasteiger partial charge in [-0.1, -0.05) is 24.3 Å². The van der Waals surface area contributed by atoms with Crippen LogP contribution in [0.4, 0.5) is 5.69 Å². The predicted molar refractivity (Wildman–Crippen MR) is 107 cm³/mol. The summed E-state index contributed by atoms with van der Waals surface area (Å²) in [5.74, 6) is -1.76. The topological polar surface area (TPSA) is 115 Å². The molecule has 1 heterocycles. The summed E-state index contributed by atoms with van der Waals surface area (Å²) < 4.78 is 15.0. The van der Waals surface area contributed by atoms with Crippen LogP contribution in [0.5, 0.6) is 5.75 Å². The van der Waals surface area contributed by atoms with Crippen LogP contribution >= 0.6 is 0 Å². The molecule has 0 radical (unpaired) electrons. The Kier molecular flexibility index (Phi) is 5.82. The lowest BCUT2D eigenvalue weighted by atomic mass is 10.0. The summed E-state index contributed by atoms with van der Waals surface area (Å²) in [6, 6.07) is 9.97. The van der Waals surface area contributed by atoms with Gasteiger partial charge in [0.2, 0.25) is 0 Å². The molecule has 0 aliphatic carbocycles. The molecular weight excluding hydrogens is 378 g/mol. The number of benzene rings is 2. The average molecular weight is 397 g/mol.